The number of hydrogen-bond acceptors (Lipinski definition) is 4. The van der Waals surface area contributed by atoms with Gasteiger partial charge in [0.25, 0.3) is 0 Å². The summed E-state index contributed by atoms with van der Waals surface area (Å²) in [5, 5.41) is 3.31. The van der Waals surface area contributed by atoms with E-state index in [2.05, 4.69) is 5.32 Å². The van der Waals surface area contributed by atoms with Gasteiger partial charge in [0, 0.05) is 12.1 Å². The molecule has 10 heteroatoms. The fourth-order valence-electron chi connectivity index (χ4n) is 3.28. The molecule has 0 radical (unpaired) electrons. The highest BCUT2D eigenvalue weighted by Crippen LogP contribution is 2.28. The topological polar surface area (TPSA) is 86.8 Å². The van der Waals surface area contributed by atoms with E-state index in [-0.39, 0.29) is 28.2 Å². The zero-order valence-corrected chi connectivity index (χ0v) is 22.6. The molecule has 0 aliphatic carbocycles. The smallest absolute Gasteiger partial charge is 0.244 e. The van der Waals surface area contributed by atoms with Crippen LogP contribution in [0.3, 0.4) is 0 Å². The third kappa shape index (κ3) is 7.61. The maximum Gasteiger partial charge on any atom is 0.244 e. The van der Waals surface area contributed by atoms with Gasteiger partial charge in [-0.3, -0.25) is 13.9 Å². The van der Waals surface area contributed by atoms with Crippen molar-refractivity contribution in [1.29, 1.82) is 0 Å². The Bertz CT molecular complexity index is 1160. The van der Waals surface area contributed by atoms with Gasteiger partial charge in [0.15, 0.2) is 0 Å². The van der Waals surface area contributed by atoms with E-state index in [0.29, 0.717) is 0 Å². The van der Waals surface area contributed by atoms with Crippen molar-refractivity contribution < 1.29 is 18.0 Å². The number of anilines is 1. The summed E-state index contributed by atoms with van der Waals surface area (Å²) in [6.07, 6.45) is 1.00. The molecule has 2 aromatic rings. The van der Waals surface area contributed by atoms with Gasteiger partial charge in [-0.2, -0.15) is 0 Å². The van der Waals surface area contributed by atoms with Gasteiger partial charge in [0.2, 0.25) is 21.8 Å². The first-order valence-corrected chi connectivity index (χ1v) is 13.3. The molecule has 0 saturated carbocycles. The third-order valence-corrected chi connectivity index (χ3v) is 7.02. The SMILES string of the molecule is Cc1ccccc1CN(C(=O)CN(c1ccc(Cl)c(Cl)c1)S(C)(=O)=O)[C@H](C)C(=O)NC(C)(C)C. The number of hydrogen-bond donors (Lipinski definition) is 1. The molecule has 2 amide bonds. The lowest BCUT2D eigenvalue weighted by atomic mass is 10.1. The normalized spacial score (nSPS) is 12.7. The lowest BCUT2D eigenvalue weighted by Gasteiger charge is -2.33. The molecule has 0 unspecified atom stereocenters. The largest absolute Gasteiger partial charge is 0.350 e. The van der Waals surface area contributed by atoms with Gasteiger partial charge in [-0.15, -0.1) is 0 Å². The Morgan fingerprint density at radius 1 is 1.06 bits per heavy atom. The van der Waals surface area contributed by atoms with Crippen LogP contribution < -0.4 is 9.62 Å². The standard InChI is InChI=1S/C24H31Cl2N3O4S/c1-16-9-7-8-10-18(16)14-28(17(2)23(31)27-24(3,4)5)22(30)15-29(34(6,32)33)19-11-12-20(25)21(26)13-19/h7-13,17H,14-15H2,1-6H3,(H,27,31)/t17-/m1/s1. The molecule has 2 rings (SSSR count). The van der Waals surface area contributed by atoms with Crippen molar-refractivity contribution in [3.05, 3.63) is 63.6 Å². The van der Waals surface area contributed by atoms with Gasteiger partial charge in [0.1, 0.15) is 12.6 Å². The summed E-state index contributed by atoms with van der Waals surface area (Å²) in [5.74, 6) is -0.869. The van der Waals surface area contributed by atoms with Crippen molar-refractivity contribution in [3.8, 4) is 0 Å². The van der Waals surface area contributed by atoms with Crippen LogP contribution in [0.1, 0.15) is 38.8 Å². The van der Waals surface area contributed by atoms with E-state index in [1.807, 2.05) is 52.0 Å². The highest BCUT2D eigenvalue weighted by molar-refractivity contribution is 7.92. The fraction of sp³-hybridized carbons (Fsp3) is 0.417. The molecular weight excluding hydrogens is 497 g/mol. The minimum Gasteiger partial charge on any atom is -0.350 e. The van der Waals surface area contributed by atoms with Gasteiger partial charge >= 0.3 is 0 Å². The molecule has 0 aliphatic heterocycles. The lowest BCUT2D eigenvalue weighted by Crippen LogP contribution is -2.54. The van der Waals surface area contributed by atoms with Crippen LogP contribution >= 0.6 is 23.2 Å². The first kappa shape index (κ1) is 28.0. The molecule has 0 bridgehead atoms. The molecule has 0 heterocycles. The Kier molecular flexibility index (Phi) is 9.02. The zero-order valence-electron chi connectivity index (χ0n) is 20.2. The molecular formula is C24H31Cl2N3O4S. The number of aryl methyl sites for hydroxylation is 1. The number of carbonyl (C=O) groups is 2. The van der Waals surface area contributed by atoms with E-state index in [1.165, 1.54) is 23.1 Å². The molecule has 1 N–H and O–H groups in total. The molecule has 2 aromatic carbocycles. The van der Waals surface area contributed by atoms with Crippen LogP contribution in [0, 0.1) is 6.92 Å². The number of rotatable bonds is 8. The number of sulfonamides is 1. The van der Waals surface area contributed by atoms with Crippen LogP contribution in [0.2, 0.25) is 10.0 Å². The van der Waals surface area contributed by atoms with E-state index in [9.17, 15) is 18.0 Å². The van der Waals surface area contributed by atoms with Crippen LogP contribution in [-0.4, -0.2) is 49.5 Å². The fourth-order valence-corrected chi connectivity index (χ4v) is 4.42. The summed E-state index contributed by atoms with van der Waals surface area (Å²) in [5.41, 5.74) is 1.51. The van der Waals surface area contributed by atoms with Crippen molar-refractivity contribution in [1.82, 2.24) is 10.2 Å². The second-order valence-corrected chi connectivity index (χ2v) is 12.0. The number of carbonyl (C=O) groups excluding carboxylic acids is 2. The Labute approximate surface area is 212 Å². The summed E-state index contributed by atoms with van der Waals surface area (Å²) < 4.78 is 26.1. The van der Waals surface area contributed by atoms with E-state index >= 15 is 0 Å². The highest BCUT2D eigenvalue weighted by Gasteiger charge is 2.31. The number of benzene rings is 2. The minimum absolute atomic E-state index is 0.142. The van der Waals surface area contributed by atoms with Crippen LogP contribution in [-0.2, 0) is 26.2 Å². The van der Waals surface area contributed by atoms with Crippen molar-refractivity contribution in [2.45, 2.75) is 52.7 Å². The number of amides is 2. The summed E-state index contributed by atoms with van der Waals surface area (Å²) in [6.45, 7) is 8.72. The Morgan fingerprint density at radius 3 is 2.21 bits per heavy atom. The molecule has 1 atom stereocenters. The second kappa shape index (κ2) is 11.0. The van der Waals surface area contributed by atoms with Gasteiger partial charge in [-0.1, -0.05) is 47.5 Å². The number of nitrogens with one attached hydrogen (secondary N) is 1. The maximum atomic E-state index is 13.5. The second-order valence-electron chi connectivity index (χ2n) is 9.23. The Morgan fingerprint density at radius 2 is 1.68 bits per heavy atom. The average Bonchev–Trinajstić information content (AvgIpc) is 2.70. The van der Waals surface area contributed by atoms with Crippen molar-refractivity contribution >= 4 is 50.7 Å². The highest BCUT2D eigenvalue weighted by atomic mass is 35.5. The molecule has 0 fully saturated rings. The van der Waals surface area contributed by atoms with Crippen molar-refractivity contribution in [2.24, 2.45) is 0 Å². The van der Waals surface area contributed by atoms with Crippen LogP contribution in [0.15, 0.2) is 42.5 Å². The van der Waals surface area contributed by atoms with E-state index in [4.69, 9.17) is 23.2 Å². The maximum absolute atomic E-state index is 13.5. The molecule has 7 nitrogen and oxygen atoms in total. The summed E-state index contributed by atoms with van der Waals surface area (Å²) in [6, 6.07) is 11.0. The van der Waals surface area contributed by atoms with Gasteiger partial charge in [0.05, 0.1) is 22.0 Å². The Hall–Kier alpha value is -2.29. The summed E-state index contributed by atoms with van der Waals surface area (Å²) >= 11 is 12.1. The van der Waals surface area contributed by atoms with Crippen molar-refractivity contribution in [3.63, 3.8) is 0 Å². The zero-order chi connectivity index (χ0) is 25.8. The van der Waals surface area contributed by atoms with Crippen LogP contribution in [0.25, 0.3) is 0 Å². The Balaban J connectivity index is 2.44. The van der Waals surface area contributed by atoms with E-state index in [0.717, 1.165) is 21.7 Å². The van der Waals surface area contributed by atoms with Gasteiger partial charge in [-0.05, 0) is 63.9 Å². The van der Waals surface area contributed by atoms with E-state index in [1.54, 1.807) is 6.92 Å². The first-order chi connectivity index (χ1) is 15.6. The summed E-state index contributed by atoms with van der Waals surface area (Å²) in [4.78, 5) is 27.9. The molecule has 0 aromatic heterocycles. The van der Waals surface area contributed by atoms with Gasteiger partial charge < -0.3 is 10.2 Å². The summed E-state index contributed by atoms with van der Waals surface area (Å²) in [7, 11) is -3.85. The number of halogens is 2. The number of nitrogens with zero attached hydrogens (tertiary/aromatic N) is 2. The first-order valence-electron chi connectivity index (χ1n) is 10.7. The van der Waals surface area contributed by atoms with Crippen LogP contribution in [0.5, 0.6) is 0 Å². The van der Waals surface area contributed by atoms with E-state index < -0.39 is 34.1 Å². The molecule has 0 spiro atoms. The van der Waals surface area contributed by atoms with Gasteiger partial charge in [-0.25, -0.2) is 8.42 Å². The third-order valence-electron chi connectivity index (χ3n) is 5.14. The molecule has 186 valence electrons. The predicted octanol–water partition coefficient (Wildman–Crippen LogP) is 4.40. The van der Waals surface area contributed by atoms with Crippen LogP contribution in [0.4, 0.5) is 5.69 Å². The average molecular weight is 529 g/mol. The molecule has 34 heavy (non-hydrogen) atoms. The predicted molar refractivity (Wildman–Crippen MR) is 138 cm³/mol. The molecule has 0 saturated heterocycles. The quantitative estimate of drug-likeness (QED) is 0.551. The monoisotopic (exact) mass is 527 g/mol. The van der Waals surface area contributed by atoms with Crippen molar-refractivity contribution in [2.75, 3.05) is 17.1 Å². The molecule has 0 aliphatic rings. The minimum atomic E-state index is -3.85. The lowest BCUT2D eigenvalue weighted by molar-refractivity contribution is -0.140.